The molecule has 4 heteroatoms. The van der Waals surface area contributed by atoms with Crippen molar-refractivity contribution in [3.63, 3.8) is 0 Å². The zero-order valence-electron chi connectivity index (χ0n) is 13.4. The highest BCUT2D eigenvalue weighted by atomic mass is 16.3. The average molecular weight is 308 g/mol. The normalized spacial score (nSPS) is 18.7. The molecule has 23 heavy (non-hydrogen) atoms. The minimum absolute atomic E-state index is 0.00298. The average Bonchev–Trinajstić information content (AvgIpc) is 2.92. The standard InChI is InChI=1S/C19H20N2O2/c1-12-11-20-9-10-21(12)19(22)17-13(2)15-8-7-14-5-3-4-6-16(14)18(15)23-17/h3-8,12,20H,9-11H2,1-2H3/t12-/m1/s1. The van der Waals surface area contributed by atoms with Gasteiger partial charge in [0.15, 0.2) is 5.76 Å². The van der Waals surface area contributed by atoms with Gasteiger partial charge in [-0.1, -0.05) is 36.4 Å². The number of nitrogens with one attached hydrogen (secondary N) is 1. The highest BCUT2D eigenvalue weighted by Crippen LogP contribution is 2.32. The third-order valence-corrected chi connectivity index (χ3v) is 4.78. The van der Waals surface area contributed by atoms with Gasteiger partial charge in [0.05, 0.1) is 0 Å². The first-order valence-electron chi connectivity index (χ1n) is 8.09. The summed E-state index contributed by atoms with van der Waals surface area (Å²) in [6.07, 6.45) is 0. The van der Waals surface area contributed by atoms with Crippen molar-refractivity contribution in [2.75, 3.05) is 19.6 Å². The first kappa shape index (κ1) is 14.3. The van der Waals surface area contributed by atoms with Gasteiger partial charge in [0.1, 0.15) is 5.58 Å². The van der Waals surface area contributed by atoms with Gasteiger partial charge < -0.3 is 14.6 Å². The van der Waals surface area contributed by atoms with Crippen LogP contribution in [0.4, 0.5) is 0 Å². The maximum atomic E-state index is 12.9. The third-order valence-electron chi connectivity index (χ3n) is 4.78. The summed E-state index contributed by atoms with van der Waals surface area (Å²) in [6, 6.07) is 12.4. The van der Waals surface area contributed by atoms with E-state index in [-0.39, 0.29) is 11.9 Å². The topological polar surface area (TPSA) is 45.5 Å². The molecule has 2 heterocycles. The Morgan fingerprint density at radius 3 is 2.87 bits per heavy atom. The van der Waals surface area contributed by atoms with Crippen molar-refractivity contribution in [1.82, 2.24) is 10.2 Å². The Bertz CT molecular complexity index is 897. The monoisotopic (exact) mass is 308 g/mol. The van der Waals surface area contributed by atoms with E-state index in [9.17, 15) is 4.79 Å². The highest BCUT2D eigenvalue weighted by Gasteiger charge is 2.28. The Morgan fingerprint density at radius 2 is 2.04 bits per heavy atom. The molecule has 1 N–H and O–H groups in total. The fourth-order valence-electron chi connectivity index (χ4n) is 3.43. The summed E-state index contributed by atoms with van der Waals surface area (Å²) in [7, 11) is 0. The lowest BCUT2D eigenvalue weighted by Crippen LogP contribution is -2.52. The molecule has 4 rings (SSSR count). The Balaban J connectivity index is 1.85. The molecule has 1 aliphatic rings. The smallest absolute Gasteiger partial charge is 0.290 e. The largest absolute Gasteiger partial charge is 0.450 e. The van der Waals surface area contributed by atoms with E-state index in [1.165, 1.54) is 0 Å². The molecule has 0 radical (unpaired) electrons. The fourth-order valence-corrected chi connectivity index (χ4v) is 3.43. The van der Waals surface area contributed by atoms with Gasteiger partial charge in [0.25, 0.3) is 5.91 Å². The molecular weight excluding hydrogens is 288 g/mol. The second-order valence-corrected chi connectivity index (χ2v) is 6.27. The van der Waals surface area contributed by atoms with Gasteiger partial charge in [-0.25, -0.2) is 0 Å². The molecule has 0 aliphatic carbocycles. The molecule has 4 nitrogen and oxygen atoms in total. The Labute approximate surface area is 135 Å². The molecule has 1 aliphatic heterocycles. The van der Waals surface area contributed by atoms with Crippen LogP contribution in [0.5, 0.6) is 0 Å². The number of fused-ring (bicyclic) bond motifs is 3. The van der Waals surface area contributed by atoms with Gasteiger partial charge in [-0.2, -0.15) is 0 Å². The Hall–Kier alpha value is -2.33. The van der Waals surface area contributed by atoms with Crippen molar-refractivity contribution in [3.05, 3.63) is 47.7 Å². The third kappa shape index (κ3) is 2.21. The number of amides is 1. The van der Waals surface area contributed by atoms with E-state index in [0.717, 1.165) is 46.9 Å². The van der Waals surface area contributed by atoms with Gasteiger partial charge in [-0.05, 0) is 19.2 Å². The van der Waals surface area contributed by atoms with Crippen molar-refractivity contribution in [1.29, 1.82) is 0 Å². The number of piperazine rings is 1. The second-order valence-electron chi connectivity index (χ2n) is 6.27. The van der Waals surface area contributed by atoms with Crippen LogP contribution in [0.1, 0.15) is 23.0 Å². The van der Waals surface area contributed by atoms with Crippen LogP contribution in [0.3, 0.4) is 0 Å². The number of carbonyl (C=O) groups excluding carboxylic acids is 1. The molecule has 118 valence electrons. The van der Waals surface area contributed by atoms with Crippen molar-refractivity contribution < 1.29 is 9.21 Å². The number of furan rings is 1. The SMILES string of the molecule is Cc1c(C(=O)N2CCNC[C@H]2C)oc2c1ccc1ccccc12. The first-order chi connectivity index (χ1) is 11.2. The van der Waals surface area contributed by atoms with Crippen LogP contribution in [0.15, 0.2) is 40.8 Å². The summed E-state index contributed by atoms with van der Waals surface area (Å²) in [5.41, 5.74) is 1.74. The number of rotatable bonds is 1. The van der Waals surface area contributed by atoms with Gasteiger partial charge in [-0.3, -0.25) is 4.79 Å². The lowest BCUT2D eigenvalue weighted by molar-refractivity contribution is 0.0624. The maximum absolute atomic E-state index is 12.9. The van der Waals surface area contributed by atoms with E-state index in [1.54, 1.807) is 0 Å². The van der Waals surface area contributed by atoms with Gasteiger partial charge in [-0.15, -0.1) is 0 Å². The molecule has 2 aromatic carbocycles. The van der Waals surface area contributed by atoms with Crippen molar-refractivity contribution in [3.8, 4) is 0 Å². The number of hydrogen-bond acceptors (Lipinski definition) is 3. The lowest BCUT2D eigenvalue weighted by Gasteiger charge is -2.33. The van der Waals surface area contributed by atoms with Gasteiger partial charge >= 0.3 is 0 Å². The van der Waals surface area contributed by atoms with Crippen LogP contribution in [-0.2, 0) is 0 Å². The predicted molar refractivity (Wildman–Crippen MR) is 91.8 cm³/mol. The van der Waals surface area contributed by atoms with Gasteiger partial charge in [0, 0.05) is 42.0 Å². The summed E-state index contributed by atoms with van der Waals surface area (Å²) < 4.78 is 6.06. The molecule has 1 aromatic heterocycles. The highest BCUT2D eigenvalue weighted by molar-refractivity contribution is 6.08. The number of aryl methyl sites for hydroxylation is 1. The maximum Gasteiger partial charge on any atom is 0.290 e. The van der Waals surface area contributed by atoms with E-state index in [2.05, 4.69) is 30.4 Å². The molecule has 1 saturated heterocycles. The first-order valence-corrected chi connectivity index (χ1v) is 8.09. The van der Waals surface area contributed by atoms with E-state index in [0.29, 0.717) is 5.76 Å². The Morgan fingerprint density at radius 1 is 1.22 bits per heavy atom. The quantitative estimate of drug-likeness (QED) is 0.750. The molecule has 3 aromatic rings. The number of hydrogen-bond donors (Lipinski definition) is 1. The summed E-state index contributed by atoms with van der Waals surface area (Å²) in [4.78, 5) is 14.8. The zero-order valence-corrected chi connectivity index (χ0v) is 13.4. The van der Waals surface area contributed by atoms with Crippen molar-refractivity contribution in [2.45, 2.75) is 19.9 Å². The molecule has 1 amide bonds. The zero-order chi connectivity index (χ0) is 16.0. The summed E-state index contributed by atoms with van der Waals surface area (Å²) in [6.45, 7) is 6.42. The van der Waals surface area contributed by atoms with Crippen LogP contribution < -0.4 is 5.32 Å². The predicted octanol–water partition coefficient (Wildman–Crippen LogP) is 3.33. The molecule has 0 unspecified atom stereocenters. The minimum Gasteiger partial charge on any atom is -0.450 e. The van der Waals surface area contributed by atoms with Crippen LogP contribution in [0.25, 0.3) is 21.7 Å². The molecule has 0 saturated carbocycles. The minimum atomic E-state index is -0.00298. The van der Waals surface area contributed by atoms with Crippen LogP contribution in [0.2, 0.25) is 0 Å². The Kier molecular flexibility index (Phi) is 3.34. The van der Waals surface area contributed by atoms with Gasteiger partial charge in [0.2, 0.25) is 0 Å². The summed E-state index contributed by atoms with van der Waals surface area (Å²) in [5, 5.41) is 6.52. The lowest BCUT2D eigenvalue weighted by atomic mass is 10.1. The molecular formula is C19H20N2O2. The number of benzene rings is 2. The molecule has 1 fully saturated rings. The second kappa shape index (κ2) is 5.39. The number of nitrogens with zero attached hydrogens (tertiary/aromatic N) is 1. The van der Waals surface area contributed by atoms with E-state index in [1.807, 2.05) is 30.0 Å². The molecule has 1 atom stereocenters. The number of carbonyl (C=O) groups is 1. The van der Waals surface area contributed by atoms with Crippen molar-refractivity contribution >= 4 is 27.6 Å². The van der Waals surface area contributed by atoms with E-state index < -0.39 is 0 Å². The van der Waals surface area contributed by atoms with Crippen molar-refractivity contribution in [2.24, 2.45) is 0 Å². The molecule has 0 bridgehead atoms. The van der Waals surface area contributed by atoms with E-state index >= 15 is 0 Å². The fraction of sp³-hybridized carbons (Fsp3) is 0.316. The summed E-state index contributed by atoms with van der Waals surface area (Å²) in [5.74, 6) is 0.474. The molecule has 0 spiro atoms. The van der Waals surface area contributed by atoms with Crippen LogP contribution >= 0.6 is 0 Å². The van der Waals surface area contributed by atoms with Crippen LogP contribution in [0, 0.1) is 6.92 Å². The van der Waals surface area contributed by atoms with Crippen LogP contribution in [-0.4, -0.2) is 36.5 Å². The summed E-state index contributed by atoms with van der Waals surface area (Å²) >= 11 is 0. The van der Waals surface area contributed by atoms with E-state index in [4.69, 9.17) is 4.42 Å².